The molecule has 238 valence electrons. The van der Waals surface area contributed by atoms with Gasteiger partial charge in [-0.2, -0.15) is 21.4 Å². The molecule has 3 aromatic rings. The van der Waals surface area contributed by atoms with Gasteiger partial charge in [-0.3, -0.25) is 23.6 Å². The van der Waals surface area contributed by atoms with E-state index in [4.69, 9.17) is 5.11 Å². The summed E-state index contributed by atoms with van der Waals surface area (Å²) >= 11 is 0. The van der Waals surface area contributed by atoms with Crippen LogP contribution in [0.25, 0.3) is 10.8 Å². The molecular weight excluding hydrogens is 620 g/mol. The minimum Gasteiger partial charge on any atom is -0.481 e. The first-order valence-corrected chi connectivity index (χ1v) is 17.0. The zero-order valence-corrected chi connectivity index (χ0v) is 26.7. The van der Waals surface area contributed by atoms with Crippen molar-refractivity contribution in [2.24, 2.45) is 0 Å². The summed E-state index contributed by atoms with van der Waals surface area (Å²) in [5.74, 6) is -1.07. The van der Waals surface area contributed by atoms with Crippen LogP contribution in [0.15, 0.2) is 88.8 Å². The van der Waals surface area contributed by atoms with Crippen molar-refractivity contribution in [3.8, 4) is 0 Å². The van der Waals surface area contributed by atoms with Gasteiger partial charge in [-0.1, -0.05) is 24.3 Å². The number of benzene rings is 3. The fraction of sp³-hybridized carbons (Fsp3) is 0.281. The van der Waals surface area contributed by atoms with E-state index >= 15 is 0 Å². The molecule has 0 radical (unpaired) electrons. The SMILES string of the molecule is CC(=O)N(C=CC=CC1=[N+](CCCCCC(=O)O)c2ccc3c(S(=O)(=O)O)cc(S(=O)(=O)O)cc3c2C1(C)C)c1ccccc1. The van der Waals surface area contributed by atoms with Crippen LogP contribution < -0.4 is 4.90 Å². The van der Waals surface area contributed by atoms with E-state index < -0.39 is 41.4 Å². The number of anilines is 1. The summed E-state index contributed by atoms with van der Waals surface area (Å²) < 4.78 is 70.7. The molecule has 13 heteroatoms. The second-order valence-corrected chi connectivity index (χ2v) is 14.0. The van der Waals surface area contributed by atoms with Crippen molar-refractivity contribution in [2.75, 3.05) is 11.4 Å². The first kappa shape index (κ1) is 33.7. The van der Waals surface area contributed by atoms with Crippen molar-refractivity contribution >= 4 is 60.0 Å². The molecule has 3 N–H and O–H groups in total. The molecule has 3 aromatic carbocycles. The maximum absolute atomic E-state index is 12.3. The molecule has 0 saturated heterocycles. The van der Waals surface area contributed by atoms with Crippen LogP contribution >= 0.6 is 0 Å². The second-order valence-electron chi connectivity index (χ2n) is 11.2. The third kappa shape index (κ3) is 7.39. The van der Waals surface area contributed by atoms with E-state index in [0.717, 1.165) is 11.8 Å². The number of carbonyl (C=O) groups is 2. The maximum atomic E-state index is 12.3. The highest BCUT2D eigenvalue weighted by atomic mass is 32.2. The van der Waals surface area contributed by atoms with E-state index in [-0.39, 0.29) is 23.1 Å². The quantitative estimate of drug-likeness (QED) is 0.0990. The van der Waals surface area contributed by atoms with Gasteiger partial charge < -0.3 is 5.11 Å². The summed E-state index contributed by atoms with van der Waals surface area (Å²) in [5.41, 5.74) is 1.87. The molecule has 0 aromatic heterocycles. The maximum Gasteiger partial charge on any atom is 0.303 e. The third-order valence-corrected chi connectivity index (χ3v) is 9.44. The molecule has 4 rings (SSSR count). The fourth-order valence-electron chi connectivity index (χ4n) is 5.71. The van der Waals surface area contributed by atoms with Crippen LogP contribution in [0, 0.1) is 0 Å². The number of nitrogens with zero attached hydrogens (tertiary/aromatic N) is 2. The lowest BCUT2D eigenvalue weighted by atomic mass is 9.79. The normalized spacial score (nSPS) is 14.9. The highest BCUT2D eigenvalue weighted by Crippen LogP contribution is 2.46. The number of aliphatic carboxylic acids is 1. The lowest BCUT2D eigenvalue weighted by Crippen LogP contribution is -2.28. The van der Waals surface area contributed by atoms with Gasteiger partial charge >= 0.3 is 5.97 Å². The fourth-order valence-corrected chi connectivity index (χ4v) is 7.05. The molecule has 1 heterocycles. The lowest BCUT2D eigenvalue weighted by molar-refractivity contribution is -0.438. The summed E-state index contributed by atoms with van der Waals surface area (Å²) in [5, 5.41) is 9.33. The van der Waals surface area contributed by atoms with Crippen molar-refractivity contribution in [1.29, 1.82) is 0 Å². The third-order valence-electron chi connectivity index (χ3n) is 7.72. The lowest BCUT2D eigenvalue weighted by Gasteiger charge is -2.19. The number of para-hydroxylation sites is 1. The van der Waals surface area contributed by atoms with Crippen molar-refractivity contribution in [2.45, 2.75) is 61.7 Å². The van der Waals surface area contributed by atoms with Crippen LogP contribution in [0.5, 0.6) is 0 Å². The summed E-state index contributed by atoms with van der Waals surface area (Å²) in [4.78, 5) is 23.5. The van der Waals surface area contributed by atoms with Crippen molar-refractivity contribution in [1.82, 2.24) is 0 Å². The molecular formula is C32H35N2O9S2+. The standard InChI is InChI=1S/C32H34N2O9S2/c1-22(35)33(23-12-6-4-7-13-23)18-11-9-14-29-32(2,3)31-26-20-24(44(38,39)40)21-28(45(41,42)43)25(26)16-17-27(31)34(29)19-10-5-8-15-30(36)37/h4,6-7,9,11-14,16-18,20-21H,5,8,10,15,19H2,1-3H3,(H2-,36,37,38,39,40,41,42,43)/p+1. The van der Waals surface area contributed by atoms with E-state index in [1.54, 1.807) is 36.6 Å². The minimum atomic E-state index is -4.88. The average Bonchev–Trinajstić information content (AvgIpc) is 3.16. The van der Waals surface area contributed by atoms with Gasteiger partial charge in [0.15, 0.2) is 5.71 Å². The van der Waals surface area contributed by atoms with Crippen LogP contribution in [0.2, 0.25) is 0 Å². The number of fused-ring (bicyclic) bond motifs is 3. The molecule has 1 aliphatic rings. The number of hydrogen-bond acceptors (Lipinski definition) is 6. The Balaban J connectivity index is 1.85. The summed E-state index contributed by atoms with van der Waals surface area (Å²) in [6.45, 7) is 5.69. The van der Waals surface area contributed by atoms with Gasteiger partial charge in [-0.15, -0.1) is 0 Å². The molecule has 0 unspecified atom stereocenters. The highest BCUT2D eigenvalue weighted by molar-refractivity contribution is 7.86. The first-order chi connectivity index (χ1) is 21.0. The van der Waals surface area contributed by atoms with Crippen molar-refractivity contribution < 1.29 is 45.2 Å². The van der Waals surface area contributed by atoms with E-state index in [2.05, 4.69) is 0 Å². The highest BCUT2D eigenvalue weighted by Gasteiger charge is 2.46. The smallest absolute Gasteiger partial charge is 0.303 e. The first-order valence-electron chi connectivity index (χ1n) is 14.2. The van der Waals surface area contributed by atoms with Crippen LogP contribution in [-0.2, 0) is 35.2 Å². The molecule has 0 saturated carbocycles. The van der Waals surface area contributed by atoms with Crippen LogP contribution in [-0.4, -0.2) is 59.8 Å². The molecule has 0 spiro atoms. The number of amides is 1. The second kappa shape index (κ2) is 13.1. The monoisotopic (exact) mass is 655 g/mol. The molecule has 45 heavy (non-hydrogen) atoms. The Morgan fingerprint density at radius 3 is 2.18 bits per heavy atom. The van der Waals surface area contributed by atoms with E-state index in [9.17, 15) is 35.5 Å². The van der Waals surface area contributed by atoms with Gasteiger partial charge in [0.1, 0.15) is 11.4 Å². The van der Waals surface area contributed by atoms with Gasteiger partial charge in [0.2, 0.25) is 11.6 Å². The number of carboxylic acids is 1. The number of allylic oxidation sites excluding steroid dienone is 3. The van der Waals surface area contributed by atoms with Gasteiger partial charge in [-0.25, -0.2) is 0 Å². The van der Waals surface area contributed by atoms with Gasteiger partial charge in [-0.05, 0) is 68.5 Å². The molecule has 0 atom stereocenters. The molecule has 1 amide bonds. The number of carboxylic acid groups (broad SMARTS) is 1. The van der Waals surface area contributed by atoms with E-state index in [0.29, 0.717) is 42.7 Å². The Kier molecular flexibility index (Phi) is 9.78. The molecule has 11 nitrogen and oxygen atoms in total. The van der Waals surface area contributed by atoms with Gasteiger partial charge in [0.25, 0.3) is 20.2 Å². The summed E-state index contributed by atoms with van der Waals surface area (Å²) in [7, 11) is -9.72. The summed E-state index contributed by atoms with van der Waals surface area (Å²) in [6, 6.07) is 14.2. The average molecular weight is 656 g/mol. The van der Waals surface area contributed by atoms with Gasteiger partial charge in [0.05, 0.1) is 10.3 Å². The predicted molar refractivity (Wildman–Crippen MR) is 170 cm³/mol. The summed E-state index contributed by atoms with van der Waals surface area (Å²) in [6.07, 6.45) is 8.73. The Hall–Kier alpha value is -4.17. The Bertz CT molecular complexity index is 1960. The number of hydrogen-bond donors (Lipinski definition) is 3. The Labute approximate surface area is 262 Å². The number of unbranched alkanes of at least 4 members (excludes halogenated alkanes) is 2. The topological polar surface area (TPSA) is 169 Å². The number of rotatable bonds is 12. The van der Waals surface area contributed by atoms with Crippen molar-refractivity contribution in [3.05, 3.63) is 84.6 Å². The molecule has 0 aliphatic carbocycles. The zero-order valence-electron chi connectivity index (χ0n) is 25.0. The number of carbonyl (C=O) groups excluding carboxylic acids is 1. The van der Waals surface area contributed by atoms with Gasteiger partial charge in [0, 0.05) is 54.7 Å². The minimum absolute atomic E-state index is 0.0405. The van der Waals surface area contributed by atoms with Crippen LogP contribution in [0.4, 0.5) is 11.4 Å². The van der Waals surface area contributed by atoms with E-state index in [1.165, 1.54) is 24.0 Å². The zero-order chi connectivity index (χ0) is 33.2. The Morgan fingerprint density at radius 2 is 1.58 bits per heavy atom. The molecule has 0 fully saturated rings. The van der Waals surface area contributed by atoms with Crippen molar-refractivity contribution in [3.63, 3.8) is 0 Å². The largest absolute Gasteiger partial charge is 0.481 e. The van der Waals surface area contributed by atoms with Crippen LogP contribution in [0.1, 0.15) is 52.0 Å². The molecule has 1 aliphatic heterocycles. The molecule has 0 bridgehead atoms. The predicted octanol–water partition coefficient (Wildman–Crippen LogP) is 5.48. The van der Waals surface area contributed by atoms with E-state index in [1.807, 2.05) is 42.7 Å². The van der Waals surface area contributed by atoms with Crippen LogP contribution in [0.3, 0.4) is 0 Å². The Morgan fingerprint density at radius 1 is 0.889 bits per heavy atom.